The fourth-order valence-corrected chi connectivity index (χ4v) is 1.25. The summed E-state index contributed by atoms with van der Waals surface area (Å²) in [6.45, 7) is 0. The highest BCUT2D eigenvalue weighted by atomic mass is 16.3. The predicted molar refractivity (Wildman–Crippen MR) is 38.1 cm³/mol. The molecule has 1 aliphatic rings. The van der Waals surface area contributed by atoms with E-state index in [0.717, 1.165) is 11.1 Å². The van der Waals surface area contributed by atoms with Crippen molar-refractivity contribution in [1.82, 2.24) is 0 Å². The van der Waals surface area contributed by atoms with Crippen LogP contribution in [0.5, 0.6) is 0 Å². The highest BCUT2D eigenvalue weighted by Gasteiger charge is 2.03. The quantitative estimate of drug-likeness (QED) is 0.514. The molecule has 1 aliphatic carbocycles. The molecular formula is C9H7O-. The molecule has 1 nitrogen and oxygen atoms in total. The second-order valence-electron chi connectivity index (χ2n) is 2.49. The SMILES string of the molecule is [O-]C1=Cc2ccccc2C1. The molecule has 1 aromatic carbocycles. The summed E-state index contributed by atoms with van der Waals surface area (Å²) in [6, 6.07) is 7.89. The van der Waals surface area contributed by atoms with Crippen molar-refractivity contribution in [2.24, 2.45) is 0 Å². The lowest BCUT2D eigenvalue weighted by Crippen LogP contribution is -2.01. The molecule has 0 atom stereocenters. The van der Waals surface area contributed by atoms with E-state index in [-0.39, 0.29) is 5.76 Å². The van der Waals surface area contributed by atoms with Gasteiger partial charge in [-0.05, 0) is 17.5 Å². The van der Waals surface area contributed by atoms with Gasteiger partial charge in [-0.3, -0.25) is 0 Å². The van der Waals surface area contributed by atoms with Gasteiger partial charge in [0.05, 0.1) is 0 Å². The van der Waals surface area contributed by atoms with Gasteiger partial charge in [0.25, 0.3) is 0 Å². The Kier molecular flexibility index (Phi) is 1.04. The largest absolute Gasteiger partial charge is 0.875 e. The lowest BCUT2D eigenvalue weighted by atomic mass is 10.1. The van der Waals surface area contributed by atoms with Crippen molar-refractivity contribution in [2.45, 2.75) is 6.42 Å². The molecule has 0 fully saturated rings. The Balaban J connectivity index is 2.54. The van der Waals surface area contributed by atoms with Gasteiger partial charge in [-0.2, -0.15) is 0 Å². The smallest absolute Gasteiger partial charge is 0.0163 e. The summed E-state index contributed by atoms with van der Waals surface area (Å²) in [6.07, 6.45) is 2.30. The van der Waals surface area contributed by atoms with Gasteiger partial charge >= 0.3 is 0 Å². The van der Waals surface area contributed by atoms with Crippen LogP contribution >= 0.6 is 0 Å². The molecule has 10 heavy (non-hydrogen) atoms. The third-order valence-corrected chi connectivity index (χ3v) is 1.74. The van der Waals surface area contributed by atoms with Crippen LogP contribution in [0.3, 0.4) is 0 Å². The fourth-order valence-electron chi connectivity index (χ4n) is 1.25. The highest BCUT2D eigenvalue weighted by molar-refractivity contribution is 5.61. The second-order valence-corrected chi connectivity index (χ2v) is 2.49. The molecule has 0 N–H and O–H groups in total. The maximum Gasteiger partial charge on any atom is -0.0163 e. The summed E-state index contributed by atoms with van der Waals surface area (Å²) < 4.78 is 0. The minimum absolute atomic E-state index is 0.223. The van der Waals surface area contributed by atoms with Crippen LogP contribution in [-0.4, -0.2) is 0 Å². The molecule has 0 aliphatic heterocycles. The standard InChI is InChI=1S/C9H8O/c10-9-5-7-3-1-2-4-8(7)6-9/h1-5,10H,6H2/p-1. The van der Waals surface area contributed by atoms with Crippen LogP contribution in [0.15, 0.2) is 30.0 Å². The van der Waals surface area contributed by atoms with Crippen molar-refractivity contribution < 1.29 is 5.11 Å². The van der Waals surface area contributed by atoms with E-state index in [1.54, 1.807) is 6.08 Å². The molecule has 0 radical (unpaired) electrons. The Morgan fingerprint density at radius 2 is 2.00 bits per heavy atom. The molecule has 0 saturated carbocycles. The van der Waals surface area contributed by atoms with Crippen LogP contribution in [0.25, 0.3) is 6.08 Å². The van der Waals surface area contributed by atoms with E-state index in [9.17, 15) is 5.11 Å². The van der Waals surface area contributed by atoms with Crippen molar-refractivity contribution in [3.8, 4) is 0 Å². The summed E-state index contributed by atoms with van der Waals surface area (Å²) in [5.41, 5.74) is 2.25. The summed E-state index contributed by atoms with van der Waals surface area (Å²) in [5.74, 6) is 0.223. The molecule has 0 aromatic heterocycles. The molecule has 0 amide bonds. The molecule has 0 unspecified atom stereocenters. The van der Waals surface area contributed by atoms with E-state index in [2.05, 4.69) is 0 Å². The minimum atomic E-state index is 0.223. The average Bonchev–Trinajstić information content (AvgIpc) is 2.27. The maximum atomic E-state index is 10.8. The van der Waals surface area contributed by atoms with Crippen LogP contribution in [0.1, 0.15) is 11.1 Å². The zero-order valence-electron chi connectivity index (χ0n) is 5.50. The zero-order valence-corrected chi connectivity index (χ0v) is 5.50. The van der Waals surface area contributed by atoms with E-state index in [4.69, 9.17) is 0 Å². The molecule has 1 heteroatoms. The Bertz CT molecular complexity index is 287. The Hall–Kier alpha value is -1.24. The van der Waals surface area contributed by atoms with Gasteiger partial charge in [-0.25, -0.2) is 0 Å². The third-order valence-electron chi connectivity index (χ3n) is 1.74. The van der Waals surface area contributed by atoms with Crippen molar-refractivity contribution in [2.75, 3.05) is 0 Å². The molecule has 50 valence electrons. The van der Waals surface area contributed by atoms with Crippen LogP contribution < -0.4 is 5.11 Å². The third kappa shape index (κ3) is 0.711. The van der Waals surface area contributed by atoms with Gasteiger partial charge in [-0.1, -0.05) is 30.3 Å². The van der Waals surface area contributed by atoms with Crippen LogP contribution in [-0.2, 0) is 6.42 Å². The van der Waals surface area contributed by atoms with E-state index in [1.807, 2.05) is 24.3 Å². The molecular weight excluding hydrogens is 124 g/mol. The summed E-state index contributed by atoms with van der Waals surface area (Å²) in [4.78, 5) is 0. The van der Waals surface area contributed by atoms with E-state index in [1.165, 1.54) is 0 Å². The average molecular weight is 131 g/mol. The lowest BCUT2D eigenvalue weighted by molar-refractivity contribution is -0.302. The Morgan fingerprint density at radius 1 is 1.20 bits per heavy atom. The molecule has 0 saturated heterocycles. The summed E-state index contributed by atoms with van der Waals surface area (Å²) in [5, 5.41) is 10.8. The Labute approximate surface area is 59.6 Å². The molecule has 0 spiro atoms. The van der Waals surface area contributed by atoms with Gasteiger partial charge in [0.15, 0.2) is 0 Å². The molecule has 0 bridgehead atoms. The zero-order chi connectivity index (χ0) is 6.97. The first-order chi connectivity index (χ1) is 4.86. The molecule has 1 aromatic rings. The molecule has 0 heterocycles. The van der Waals surface area contributed by atoms with Gasteiger partial charge in [0, 0.05) is 0 Å². The van der Waals surface area contributed by atoms with Gasteiger partial charge in [-0.15, -0.1) is 5.76 Å². The van der Waals surface area contributed by atoms with Gasteiger partial charge < -0.3 is 5.11 Å². The monoisotopic (exact) mass is 131 g/mol. The topological polar surface area (TPSA) is 23.1 Å². The highest BCUT2D eigenvalue weighted by Crippen LogP contribution is 2.20. The number of hydrogen-bond donors (Lipinski definition) is 0. The number of fused-ring (bicyclic) bond motifs is 1. The Morgan fingerprint density at radius 3 is 2.80 bits per heavy atom. The van der Waals surface area contributed by atoms with Crippen molar-refractivity contribution in [3.05, 3.63) is 41.2 Å². The first-order valence-electron chi connectivity index (χ1n) is 3.32. The van der Waals surface area contributed by atoms with Gasteiger partial charge in [0.1, 0.15) is 0 Å². The number of hydrogen-bond acceptors (Lipinski definition) is 1. The summed E-state index contributed by atoms with van der Waals surface area (Å²) in [7, 11) is 0. The second kappa shape index (κ2) is 1.87. The van der Waals surface area contributed by atoms with Crippen molar-refractivity contribution in [1.29, 1.82) is 0 Å². The van der Waals surface area contributed by atoms with E-state index < -0.39 is 0 Å². The van der Waals surface area contributed by atoms with Crippen LogP contribution in [0.2, 0.25) is 0 Å². The normalized spacial score (nSPS) is 14.6. The predicted octanol–water partition coefficient (Wildman–Crippen LogP) is 0.944. The maximum absolute atomic E-state index is 10.8. The number of rotatable bonds is 0. The number of benzene rings is 1. The first-order valence-corrected chi connectivity index (χ1v) is 3.32. The van der Waals surface area contributed by atoms with Crippen LogP contribution in [0.4, 0.5) is 0 Å². The fraction of sp³-hybridized carbons (Fsp3) is 0.111. The van der Waals surface area contributed by atoms with Gasteiger partial charge in [0.2, 0.25) is 0 Å². The van der Waals surface area contributed by atoms with Crippen molar-refractivity contribution in [3.63, 3.8) is 0 Å². The summed E-state index contributed by atoms with van der Waals surface area (Å²) >= 11 is 0. The van der Waals surface area contributed by atoms with E-state index in [0.29, 0.717) is 6.42 Å². The number of allylic oxidation sites excluding steroid dienone is 1. The lowest BCUT2D eigenvalue weighted by Gasteiger charge is -2.01. The minimum Gasteiger partial charge on any atom is -0.875 e. The molecule has 2 rings (SSSR count). The van der Waals surface area contributed by atoms with Crippen LogP contribution in [0, 0.1) is 0 Å². The first kappa shape index (κ1) is 5.54. The van der Waals surface area contributed by atoms with Crippen molar-refractivity contribution >= 4 is 6.08 Å². The van der Waals surface area contributed by atoms with E-state index >= 15 is 0 Å².